The quantitative estimate of drug-likeness (QED) is 0.472. The van der Waals surface area contributed by atoms with Crippen molar-refractivity contribution < 1.29 is 19.1 Å². The Morgan fingerprint density at radius 1 is 1.22 bits per heavy atom. The van der Waals surface area contributed by atoms with Gasteiger partial charge in [-0.05, 0) is 44.4 Å². The van der Waals surface area contributed by atoms with E-state index in [1.54, 1.807) is 11.8 Å². The van der Waals surface area contributed by atoms with E-state index in [9.17, 15) is 14.4 Å². The van der Waals surface area contributed by atoms with Crippen LogP contribution < -0.4 is 11.1 Å². The number of nitrogens with two attached hydrogens (primary N) is 1. The summed E-state index contributed by atoms with van der Waals surface area (Å²) in [5.74, 6) is -0.557. The highest BCUT2D eigenvalue weighted by Crippen LogP contribution is 2.23. The SMILES string of the molecule is CC.COC(=O)C(C)(CCNCC(=O)N1CC=C(c2ccc(C)cc2)CC1)N(C)C(N)=O. The van der Waals surface area contributed by atoms with Crippen molar-refractivity contribution in [2.24, 2.45) is 5.73 Å². The number of hydrogen-bond donors (Lipinski definition) is 2. The van der Waals surface area contributed by atoms with E-state index < -0.39 is 17.5 Å². The Morgan fingerprint density at radius 3 is 2.34 bits per heavy atom. The van der Waals surface area contributed by atoms with Crippen LogP contribution in [0.15, 0.2) is 30.3 Å². The van der Waals surface area contributed by atoms with Gasteiger partial charge in [0, 0.05) is 20.1 Å². The zero-order chi connectivity index (χ0) is 24.3. The number of hydrogen-bond acceptors (Lipinski definition) is 5. The molecule has 1 atom stereocenters. The molecule has 1 heterocycles. The smallest absolute Gasteiger partial charge is 0.331 e. The Kier molecular flexibility index (Phi) is 10.9. The number of carbonyl (C=O) groups is 3. The van der Waals surface area contributed by atoms with E-state index >= 15 is 0 Å². The fourth-order valence-corrected chi connectivity index (χ4v) is 3.43. The number of primary amides is 1. The number of esters is 1. The van der Waals surface area contributed by atoms with Crippen LogP contribution in [-0.2, 0) is 14.3 Å². The van der Waals surface area contributed by atoms with Gasteiger partial charge < -0.3 is 25.6 Å². The van der Waals surface area contributed by atoms with Crippen LogP contribution in [0.3, 0.4) is 0 Å². The van der Waals surface area contributed by atoms with Gasteiger partial charge in [-0.15, -0.1) is 0 Å². The Labute approximate surface area is 191 Å². The van der Waals surface area contributed by atoms with Gasteiger partial charge >= 0.3 is 12.0 Å². The zero-order valence-corrected chi connectivity index (χ0v) is 20.2. The van der Waals surface area contributed by atoms with E-state index in [0.29, 0.717) is 19.6 Å². The van der Waals surface area contributed by atoms with Crippen LogP contribution in [-0.4, -0.2) is 73.6 Å². The molecule has 1 unspecified atom stereocenters. The normalized spacial score (nSPS) is 14.9. The lowest BCUT2D eigenvalue weighted by atomic mass is 9.96. The lowest BCUT2D eigenvalue weighted by Gasteiger charge is -2.35. The largest absolute Gasteiger partial charge is 0.467 e. The maximum atomic E-state index is 12.5. The first-order chi connectivity index (χ1) is 15.2. The monoisotopic (exact) mass is 446 g/mol. The van der Waals surface area contributed by atoms with Gasteiger partial charge in [0.2, 0.25) is 5.91 Å². The summed E-state index contributed by atoms with van der Waals surface area (Å²) in [5.41, 5.74) is 7.80. The number of nitrogens with one attached hydrogen (secondary N) is 1. The lowest BCUT2D eigenvalue weighted by molar-refractivity contribution is -0.152. The molecule has 2 rings (SSSR count). The third-order valence-electron chi connectivity index (χ3n) is 5.75. The molecule has 0 bridgehead atoms. The number of methoxy groups -OCH3 is 1. The number of nitrogens with zero attached hydrogens (tertiary/aromatic N) is 2. The molecular weight excluding hydrogens is 408 g/mol. The van der Waals surface area contributed by atoms with Gasteiger partial charge in [0.15, 0.2) is 0 Å². The number of likely N-dealkylation sites (N-methyl/N-ethyl adjacent to an activating group) is 1. The van der Waals surface area contributed by atoms with Gasteiger partial charge in [0.05, 0.1) is 13.7 Å². The predicted octanol–water partition coefficient (Wildman–Crippen LogP) is 2.56. The van der Waals surface area contributed by atoms with Crippen LogP contribution in [0.5, 0.6) is 0 Å². The number of ether oxygens (including phenoxy) is 1. The second-order valence-corrected chi connectivity index (χ2v) is 7.77. The van der Waals surface area contributed by atoms with Crippen molar-refractivity contribution in [2.45, 2.75) is 46.1 Å². The Bertz CT molecular complexity index is 807. The van der Waals surface area contributed by atoms with Crippen molar-refractivity contribution in [2.75, 3.05) is 40.3 Å². The van der Waals surface area contributed by atoms with Gasteiger partial charge in [-0.1, -0.05) is 49.8 Å². The topological polar surface area (TPSA) is 105 Å². The van der Waals surface area contributed by atoms with Gasteiger partial charge in [0.25, 0.3) is 0 Å². The summed E-state index contributed by atoms with van der Waals surface area (Å²) >= 11 is 0. The molecule has 0 radical (unpaired) electrons. The maximum absolute atomic E-state index is 12.5. The molecular formula is C24H38N4O4. The van der Waals surface area contributed by atoms with Crippen LogP contribution in [0.2, 0.25) is 0 Å². The molecule has 1 aliphatic heterocycles. The van der Waals surface area contributed by atoms with Gasteiger partial charge in [0.1, 0.15) is 5.54 Å². The highest BCUT2D eigenvalue weighted by atomic mass is 16.5. The molecule has 3 N–H and O–H groups in total. The van der Waals surface area contributed by atoms with Crippen LogP contribution in [0.1, 0.15) is 44.7 Å². The van der Waals surface area contributed by atoms with E-state index in [1.807, 2.05) is 13.8 Å². The number of carbonyl (C=O) groups excluding carboxylic acids is 3. The summed E-state index contributed by atoms with van der Waals surface area (Å²) in [6, 6.07) is 7.69. The molecule has 0 saturated heterocycles. The summed E-state index contributed by atoms with van der Waals surface area (Å²) in [6.45, 7) is 9.41. The van der Waals surface area contributed by atoms with Crippen molar-refractivity contribution in [1.29, 1.82) is 0 Å². The molecule has 1 aromatic carbocycles. The van der Waals surface area contributed by atoms with Crippen molar-refractivity contribution >= 4 is 23.5 Å². The average Bonchev–Trinajstić information content (AvgIpc) is 2.82. The molecule has 1 aliphatic rings. The second-order valence-electron chi connectivity index (χ2n) is 7.77. The first kappa shape index (κ1) is 27.2. The molecule has 3 amide bonds. The minimum absolute atomic E-state index is 0.00256. The van der Waals surface area contributed by atoms with Crippen LogP contribution >= 0.6 is 0 Å². The van der Waals surface area contributed by atoms with Crippen LogP contribution in [0.25, 0.3) is 5.57 Å². The molecule has 0 aliphatic carbocycles. The Morgan fingerprint density at radius 2 is 1.84 bits per heavy atom. The van der Waals surface area contributed by atoms with Gasteiger partial charge in [-0.25, -0.2) is 9.59 Å². The second kappa shape index (κ2) is 12.9. The summed E-state index contributed by atoms with van der Waals surface area (Å²) in [5, 5.41) is 3.06. The van der Waals surface area contributed by atoms with Gasteiger partial charge in [-0.2, -0.15) is 0 Å². The lowest BCUT2D eigenvalue weighted by Crippen LogP contribution is -2.56. The van der Waals surface area contributed by atoms with Crippen molar-refractivity contribution in [3.8, 4) is 0 Å². The number of urea groups is 1. The molecule has 8 heteroatoms. The first-order valence-corrected chi connectivity index (χ1v) is 11.0. The number of benzene rings is 1. The zero-order valence-electron chi connectivity index (χ0n) is 20.2. The minimum atomic E-state index is -1.20. The summed E-state index contributed by atoms with van der Waals surface area (Å²) in [4.78, 5) is 39.1. The van der Waals surface area contributed by atoms with Crippen molar-refractivity contribution in [1.82, 2.24) is 15.1 Å². The first-order valence-electron chi connectivity index (χ1n) is 11.0. The molecule has 0 aromatic heterocycles. The van der Waals surface area contributed by atoms with E-state index in [4.69, 9.17) is 10.5 Å². The molecule has 0 saturated carbocycles. The Hall–Kier alpha value is -2.87. The van der Waals surface area contributed by atoms with Gasteiger partial charge in [-0.3, -0.25) is 4.79 Å². The van der Waals surface area contributed by atoms with E-state index in [2.05, 4.69) is 42.6 Å². The summed E-state index contributed by atoms with van der Waals surface area (Å²) in [7, 11) is 2.72. The van der Waals surface area contributed by atoms with E-state index in [1.165, 1.54) is 30.9 Å². The standard InChI is InChI=1S/C22H32N4O4.C2H6/c1-16-5-7-17(8-6-16)18-9-13-26(14-10-18)19(27)15-24-12-11-22(2,20(28)30-4)25(3)21(23)29;1-2/h5-9,24H,10-15H2,1-4H3,(H2,23,29);1-2H3. The number of aryl methyl sites for hydroxylation is 1. The number of rotatable bonds is 8. The highest BCUT2D eigenvalue weighted by Gasteiger charge is 2.40. The third-order valence-corrected chi connectivity index (χ3v) is 5.75. The third kappa shape index (κ3) is 7.09. The average molecular weight is 447 g/mol. The maximum Gasteiger partial charge on any atom is 0.331 e. The summed E-state index contributed by atoms with van der Waals surface area (Å²) < 4.78 is 4.82. The van der Waals surface area contributed by atoms with Crippen LogP contribution in [0.4, 0.5) is 4.79 Å². The molecule has 1 aromatic rings. The molecule has 178 valence electrons. The van der Waals surface area contributed by atoms with Crippen LogP contribution in [0, 0.1) is 6.92 Å². The minimum Gasteiger partial charge on any atom is -0.467 e. The van der Waals surface area contributed by atoms with Crippen molar-refractivity contribution in [3.05, 3.63) is 41.5 Å². The molecule has 8 nitrogen and oxygen atoms in total. The Balaban J connectivity index is 0.00000249. The highest BCUT2D eigenvalue weighted by molar-refractivity contribution is 5.86. The van der Waals surface area contributed by atoms with Crippen molar-refractivity contribution in [3.63, 3.8) is 0 Å². The number of amides is 3. The fraction of sp³-hybridized carbons (Fsp3) is 0.542. The van der Waals surface area contributed by atoms with E-state index in [-0.39, 0.29) is 18.9 Å². The molecule has 0 spiro atoms. The predicted molar refractivity (Wildman–Crippen MR) is 127 cm³/mol. The molecule has 32 heavy (non-hydrogen) atoms. The fourth-order valence-electron chi connectivity index (χ4n) is 3.43. The van der Waals surface area contributed by atoms with E-state index in [0.717, 1.165) is 11.3 Å². The summed E-state index contributed by atoms with van der Waals surface area (Å²) in [6.07, 6.45) is 3.19. The molecule has 0 fully saturated rings.